The number of hydrogen-bond donors (Lipinski definition) is 1. The Hall–Kier alpha value is -3.55. The molecule has 0 aliphatic carbocycles. The first-order chi connectivity index (χ1) is 18.5. The molecule has 0 radical (unpaired) electrons. The largest absolute Gasteiger partial charge is 0.496 e. The minimum atomic E-state index is -0.304. The highest BCUT2D eigenvalue weighted by Crippen LogP contribution is 2.44. The van der Waals surface area contributed by atoms with Crippen LogP contribution >= 0.6 is 0 Å². The van der Waals surface area contributed by atoms with Crippen molar-refractivity contribution in [2.24, 2.45) is 4.99 Å². The number of aliphatic imine (C=N–C) groups is 1. The van der Waals surface area contributed by atoms with Crippen molar-refractivity contribution in [3.05, 3.63) is 89.5 Å². The van der Waals surface area contributed by atoms with Gasteiger partial charge in [0.25, 0.3) is 0 Å². The van der Waals surface area contributed by atoms with E-state index in [2.05, 4.69) is 69.1 Å². The summed E-state index contributed by atoms with van der Waals surface area (Å²) in [4.78, 5) is 25.6. The van der Waals surface area contributed by atoms with Crippen LogP contribution in [-0.4, -0.2) is 93.8 Å². The first-order valence-electron chi connectivity index (χ1n) is 13.3. The van der Waals surface area contributed by atoms with Crippen molar-refractivity contribution in [3.8, 4) is 5.75 Å². The van der Waals surface area contributed by atoms with Crippen molar-refractivity contribution in [1.29, 1.82) is 0 Å². The molecule has 194 valence electrons. The van der Waals surface area contributed by atoms with E-state index in [1.54, 1.807) is 7.11 Å². The smallest absolute Gasteiger partial charge is 0.326 e. The number of benzene rings is 3. The minimum Gasteiger partial charge on any atom is -0.496 e. The second-order valence-electron chi connectivity index (χ2n) is 10.1. The monoisotopic (exact) mass is 508 g/mol. The van der Waals surface area contributed by atoms with Gasteiger partial charge in [-0.3, -0.25) is 14.8 Å². The number of rotatable bonds is 6. The molecule has 0 saturated carbocycles. The second kappa shape index (κ2) is 11.5. The Labute approximate surface area is 226 Å². The van der Waals surface area contributed by atoms with Crippen molar-refractivity contribution in [1.82, 2.24) is 14.7 Å². The summed E-state index contributed by atoms with van der Waals surface area (Å²) in [5.41, 5.74) is 5.26. The maximum atomic E-state index is 14.4. The predicted molar refractivity (Wildman–Crippen MR) is 157 cm³/mol. The van der Waals surface area contributed by atoms with Crippen LogP contribution in [0.5, 0.6) is 5.75 Å². The molecule has 0 aromatic heterocycles. The van der Waals surface area contributed by atoms with E-state index in [9.17, 15) is 9.90 Å². The predicted octanol–water partition coefficient (Wildman–Crippen LogP) is 0.487. The number of piperazine rings is 1. The van der Waals surface area contributed by atoms with E-state index >= 15 is 0 Å². The van der Waals surface area contributed by atoms with E-state index in [0.717, 1.165) is 29.8 Å². The lowest BCUT2D eigenvalue weighted by atomic mass is 9.88. The first-order valence-corrected chi connectivity index (χ1v) is 13.3. The van der Waals surface area contributed by atoms with Crippen LogP contribution in [0.25, 0.3) is 0 Å². The topological polar surface area (TPSA) is 68.6 Å². The van der Waals surface area contributed by atoms with Crippen LogP contribution in [0.3, 0.4) is 0 Å². The normalized spacial score (nSPS) is 19.9. The van der Waals surface area contributed by atoms with Gasteiger partial charge in [-0.15, -0.1) is 0 Å². The number of hydrogen-bond acceptors (Lipinski definition) is 5. The van der Waals surface area contributed by atoms with E-state index in [1.807, 2.05) is 34.1 Å². The molecule has 1 fully saturated rings. The van der Waals surface area contributed by atoms with Crippen LogP contribution in [0.1, 0.15) is 28.8 Å². The Balaban J connectivity index is 1.61. The number of amidine groups is 1. The highest BCUT2D eigenvalue weighted by atomic mass is 16.5. The Morgan fingerprint density at radius 3 is 2.13 bits per heavy atom. The van der Waals surface area contributed by atoms with Crippen LogP contribution in [-0.2, 0) is 0 Å². The Kier molecular flexibility index (Phi) is 7.86. The van der Waals surface area contributed by atoms with Crippen molar-refractivity contribution < 1.29 is 14.6 Å². The molecule has 2 aliphatic rings. The molecule has 3 aromatic carbocycles. The molecular weight excluding hydrogens is 474 g/mol. The zero-order valence-electron chi connectivity index (χ0n) is 22.4. The standard InChI is InChI=1S/C29H34B2N4O3/c1-38-25-5-3-2-4-24(25)28-32-26(20-6-10-22(30)11-7-20)27(21-8-12-23(31)13-9-21)35(28)29(37)34-16-14-33(15-17-34)18-19-36/h2-13,26-27,36H,14-19,30-31H2,1H3/t26-,27+/m1/s1. The van der Waals surface area contributed by atoms with Crippen LogP contribution in [0.2, 0.25) is 0 Å². The van der Waals surface area contributed by atoms with Gasteiger partial charge in [0.15, 0.2) is 0 Å². The van der Waals surface area contributed by atoms with E-state index in [-0.39, 0.29) is 24.7 Å². The van der Waals surface area contributed by atoms with E-state index in [4.69, 9.17) is 9.73 Å². The van der Waals surface area contributed by atoms with Crippen LogP contribution in [0, 0.1) is 0 Å². The summed E-state index contributed by atoms with van der Waals surface area (Å²) in [5.74, 6) is 1.31. The molecule has 0 bridgehead atoms. The SMILES string of the molecule is Bc1ccc([C@H]2N=C(c3ccccc3OC)N(C(=O)N3CCN(CCO)CC3)[C@H]2c2ccc(B)cc2)cc1. The van der Waals surface area contributed by atoms with Gasteiger partial charge in [0.2, 0.25) is 0 Å². The molecule has 2 atom stereocenters. The summed E-state index contributed by atoms with van der Waals surface area (Å²) < 4.78 is 5.72. The zero-order chi connectivity index (χ0) is 26.6. The quantitative estimate of drug-likeness (QED) is 0.493. The molecule has 2 heterocycles. The number of urea groups is 1. The van der Waals surface area contributed by atoms with Gasteiger partial charge in [-0.1, -0.05) is 71.6 Å². The van der Waals surface area contributed by atoms with Crippen LogP contribution in [0.15, 0.2) is 77.8 Å². The number of carbonyl (C=O) groups excluding carboxylic acids is 1. The summed E-state index contributed by atoms with van der Waals surface area (Å²) in [5, 5.41) is 9.35. The van der Waals surface area contributed by atoms with E-state index in [0.29, 0.717) is 31.2 Å². The Bertz CT molecular complexity index is 1290. The third kappa shape index (κ3) is 5.22. The van der Waals surface area contributed by atoms with Crippen molar-refractivity contribution in [3.63, 3.8) is 0 Å². The molecular formula is C29H34B2N4O3. The summed E-state index contributed by atoms with van der Waals surface area (Å²) >= 11 is 0. The molecule has 2 aliphatic heterocycles. The van der Waals surface area contributed by atoms with Gasteiger partial charge >= 0.3 is 6.03 Å². The van der Waals surface area contributed by atoms with Gasteiger partial charge in [0.1, 0.15) is 33.3 Å². The van der Waals surface area contributed by atoms with E-state index in [1.165, 1.54) is 10.9 Å². The van der Waals surface area contributed by atoms with Gasteiger partial charge < -0.3 is 14.7 Å². The molecule has 2 amide bonds. The molecule has 3 aromatic rings. The number of β-amino-alcohol motifs (C(OH)–C–C–N with tert-alkyl or cyclic N) is 1. The maximum Gasteiger partial charge on any atom is 0.326 e. The fraction of sp³-hybridized carbons (Fsp3) is 0.310. The van der Waals surface area contributed by atoms with Gasteiger partial charge in [-0.05, 0) is 23.3 Å². The van der Waals surface area contributed by atoms with Crippen molar-refractivity contribution in [2.75, 3.05) is 46.4 Å². The molecule has 7 nitrogen and oxygen atoms in total. The van der Waals surface area contributed by atoms with Gasteiger partial charge in [0.05, 0.1) is 25.3 Å². The molecule has 9 heteroatoms. The number of nitrogens with zero attached hydrogens (tertiary/aromatic N) is 4. The summed E-state index contributed by atoms with van der Waals surface area (Å²) in [6.07, 6.45) is 0. The first kappa shape index (κ1) is 26.1. The molecule has 0 unspecified atom stereocenters. The van der Waals surface area contributed by atoms with Gasteiger partial charge in [0, 0.05) is 32.7 Å². The molecule has 1 N–H and O–H groups in total. The Morgan fingerprint density at radius 1 is 0.921 bits per heavy atom. The summed E-state index contributed by atoms with van der Waals surface area (Å²) in [6.45, 7) is 3.42. The molecule has 0 spiro atoms. The summed E-state index contributed by atoms with van der Waals surface area (Å²) in [6, 6.07) is 24.0. The van der Waals surface area contributed by atoms with Crippen LogP contribution in [0.4, 0.5) is 4.79 Å². The Morgan fingerprint density at radius 2 is 1.53 bits per heavy atom. The van der Waals surface area contributed by atoms with Gasteiger partial charge in [-0.25, -0.2) is 4.79 Å². The average molecular weight is 508 g/mol. The molecule has 1 saturated heterocycles. The summed E-state index contributed by atoms with van der Waals surface area (Å²) in [7, 11) is 5.79. The lowest BCUT2D eigenvalue weighted by Gasteiger charge is -2.39. The average Bonchev–Trinajstić information content (AvgIpc) is 3.34. The third-order valence-electron chi connectivity index (χ3n) is 7.52. The third-order valence-corrected chi connectivity index (χ3v) is 7.52. The number of carbonyl (C=O) groups is 1. The van der Waals surface area contributed by atoms with Gasteiger partial charge in [-0.2, -0.15) is 0 Å². The number of aliphatic hydroxyl groups is 1. The molecule has 38 heavy (non-hydrogen) atoms. The number of ether oxygens (including phenoxy) is 1. The van der Waals surface area contributed by atoms with Crippen molar-refractivity contribution in [2.45, 2.75) is 12.1 Å². The second-order valence-corrected chi connectivity index (χ2v) is 10.1. The highest BCUT2D eigenvalue weighted by molar-refractivity contribution is 6.32. The molecule has 5 rings (SSSR count). The fourth-order valence-electron chi connectivity index (χ4n) is 5.35. The zero-order valence-corrected chi connectivity index (χ0v) is 22.4. The van der Waals surface area contributed by atoms with Crippen LogP contribution < -0.4 is 15.7 Å². The maximum absolute atomic E-state index is 14.4. The lowest BCUT2D eigenvalue weighted by Crippen LogP contribution is -2.54. The number of aliphatic hydroxyl groups excluding tert-OH is 1. The minimum absolute atomic E-state index is 0.0570. The lowest BCUT2D eigenvalue weighted by molar-refractivity contribution is 0.108. The highest BCUT2D eigenvalue weighted by Gasteiger charge is 2.44. The number of para-hydroxylation sites is 1. The number of amides is 2. The van der Waals surface area contributed by atoms with Crippen molar-refractivity contribution >= 4 is 38.5 Å². The fourth-order valence-corrected chi connectivity index (χ4v) is 5.35. The van der Waals surface area contributed by atoms with E-state index < -0.39 is 0 Å². The number of methoxy groups -OCH3 is 1.